The number of rotatable bonds is 8. The number of esters is 1. The van der Waals surface area contributed by atoms with Gasteiger partial charge in [0.1, 0.15) is 17.9 Å². The summed E-state index contributed by atoms with van der Waals surface area (Å²) in [6.45, 7) is 3.02. The van der Waals surface area contributed by atoms with Crippen LogP contribution >= 0.6 is 0 Å². The average molecular weight is 443 g/mol. The van der Waals surface area contributed by atoms with Crippen LogP contribution < -0.4 is 5.73 Å². The molecule has 17 heteroatoms. The molecular weight excluding hydrogens is 426 g/mol. The number of nitrogen functional groups attached to an aromatic ring is 1. The first kappa shape index (κ1) is 21.8. The predicted octanol–water partition coefficient (Wildman–Crippen LogP) is -1.23. The lowest BCUT2D eigenvalue weighted by Gasteiger charge is -2.23. The molecule has 0 saturated carbocycles. The summed E-state index contributed by atoms with van der Waals surface area (Å²) in [4.78, 5) is 55.0. The van der Waals surface area contributed by atoms with Gasteiger partial charge in [-0.2, -0.15) is 0 Å². The van der Waals surface area contributed by atoms with Crippen molar-refractivity contribution in [1.82, 2.24) is 19.5 Å². The number of imidazole rings is 1. The Kier molecular flexibility index (Phi) is 5.97. The van der Waals surface area contributed by atoms with Gasteiger partial charge in [0.15, 0.2) is 36.0 Å². The molecular formula is C14H17N7O10. The Morgan fingerprint density at radius 2 is 1.87 bits per heavy atom. The molecule has 0 bridgehead atoms. The molecule has 0 aromatic carbocycles. The zero-order valence-electron chi connectivity index (χ0n) is 16.0. The normalized spacial score (nSPS) is 24.1. The summed E-state index contributed by atoms with van der Waals surface area (Å²) in [6.07, 6.45) is -7.50. The Bertz CT molecular complexity index is 997. The second-order valence-corrected chi connectivity index (χ2v) is 6.59. The lowest BCUT2D eigenvalue weighted by atomic mass is 10.1. The molecule has 0 radical (unpaired) electrons. The molecule has 5 atom stereocenters. The van der Waals surface area contributed by atoms with Crippen LogP contribution in [0.4, 0.5) is 5.82 Å². The number of carbonyl (C=O) groups excluding carboxylic acids is 1. The summed E-state index contributed by atoms with van der Waals surface area (Å²) in [7, 11) is 0. The second kappa shape index (κ2) is 8.48. The highest BCUT2D eigenvalue weighted by Gasteiger charge is 2.55. The van der Waals surface area contributed by atoms with E-state index in [-0.39, 0.29) is 17.0 Å². The molecule has 3 N–H and O–H groups in total. The van der Waals surface area contributed by atoms with E-state index in [1.165, 1.54) is 13.8 Å². The fourth-order valence-corrected chi connectivity index (χ4v) is 3.07. The van der Waals surface area contributed by atoms with Crippen molar-refractivity contribution < 1.29 is 39.2 Å². The average Bonchev–Trinajstić information content (AvgIpc) is 3.23. The van der Waals surface area contributed by atoms with Gasteiger partial charge in [-0.05, 0) is 13.8 Å². The van der Waals surface area contributed by atoms with Crippen LogP contribution in [0.2, 0.25) is 0 Å². The Labute approximate surface area is 171 Å². The van der Waals surface area contributed by atoms with E-state index in [0.29, 0.717) is 0 Å². The highest BCUT2D eigenvalue weighted by atomic mass is 17.0. The molecule has 0 spiro atoms. The maximum atomic E-state index is 12.1. The number of aromatic nitrogens is 4. The van der Waals surface area contributed by atoms with Crippen molar-refractivity contribution in [2.24, 2.45) is 0 Å². The van der Waals surface area contributed by atoms with Crippen molar-refractivity contribution in [2.75, 3.05) is 5.73 Å². The van der Waals surface area contributed by atoms with Crippen LogP contribution in [0.3, 0.4) is 0 Å². The number of hydrogen-bond acceptors (Lipinski definition) is 14. The van der Waals surface area contributed by atoms with E-state index in [1.807, 2.05) is 0 Å². The van der Waals surface area contributed by atoms with Crippen LogP contribution in [-0.4, -0.2) is 71.3 Å². The zero-order valence-corrected chi connectivity index (χ0v) is 16.0. The van der Waals surface area contributed by atoms with Gasteiger partial charge < -0.3 is 30.0 Å². The van der Waals surface area contributed by atoms with Gasteiger partial charge in [-0.1, -0.05) is 0 Å². The molecule has 3 heterocycles. The standard InChI is InChI=1S/C14H17N7O10/c1-5(2)28-14(23)7(22)8-9(30-20(24)25)10(31-21(26)27)13(29-8)19-4-18-6-11(15)16-3-17-12(6)19/h3-5,7-10,13,22H,1-2H3,(H2,15,16,17)/t7?,8-,9-,10-,13-/m1/s1. The molecule has 0 aliphatic carbocycles. The van der Waals surface area contributed by atoms with E-state index in [4.69, 9.17) is 15.2 Å². The van der Waals surface area contributed by atoms with Crippen LogP contribution in [-0.2, 0) is 23.9 Å². The Hall–Kier alpha value is -3.86. The van der Waals surface area contributed by atoms with Gasteiger partial charge in [-0.3, -0.25) is 4.57 Å². The minimum Gasteiger partial charge on any atom is -0.461 e. The van der Waals surface area contributed by atoms with Crippen molar-refractivity contribution in [1.29, 1.82) is 0 Å². The van der Waals surface area contributed by atoms with Crippen LogP contribution in [0.15, 0.2) is 12.7 Å². The minimum absolute atomic E-state index is 0.0105. The molecule has 17 nitrogen and oxygen atoms in total. The molecule has 1 unspecified atom stereocenters. The van der Waals surface area contributed by atoms with Gasteiger partial charge in [-0.15, -0.1) is 20.2 Å². The number of aliphatic hydroxyl groups is 1. The van der Waals surface area contributed by atoms with Gasteiger partial charge in [0, 0.05) is 0 Å². The number of aliphatic hydroxyl groups excluding tert-OH is 1. The summed E-state index contributed by atoms with van der Waals surface area (Å²) in [6, 6.07) is 0. The van der Waals surface area contributed by atoms with Crippen LogP contribution in [0.5, 0.6) is 0 Å². The Balaban J connectivity index is 2.04. The van der Waals surface area contributed by atoms with Crippen molar-refractivity contribution in [3.63, 3.8) is 0 Å². The third kappa shape index (κ3) is 4.36. The third-order valence-corrected chi connectivity index (χ3v) is 4.21. The molecule has 31 heavy (non-hydrogen) atoms. The van der Waals surface area contributed by atoms with Crippen LogP contribution in [0, 0.1) is 20.2 Å². The molecule has 2 aromatic heterocycles. The van der Waals surface area contributed by atoms with Gasteiger partial charge >= 0.3 is 5.97 Å². The molecule has 3 rings (SSSR count). The fourth-order valence-electron chi connectivity index (χ4n) is 3.07. The van der Waals surface area contributed by atoms with E-state index < -0.39 is 52.9 Å². The summed E-state index contributed by atoms with van der Waals surface area (Å²) in [5, 5.41) is 30.0. The highest BCUT2D eigenvalue weighted by Crippen LogP contribution is 2.37. The number of anilines is 1. The number of nitrogens with two attached hydrogens (primary N) is 1. The molecule has 168 valence electrons. The third-order valence-electron chi connectivity index (χ3n) is 4.21. The first-order valence-electron chi connectivity index (χ1n) is 8.69. The summed E-state index contributed by atoms with van der Waals surface area (Å²) < 4.78 is 11.6. The number of hydrogen-bond donors (Lipinski definition) is 2. The van der Waals surface area contributed by atoms with E-state index in [2.05, 4.69) is 24.6 Å². The molecule has 1 saturated heterocycles. The Morgan fingerprint density at radius 3 is 2.48 bits per heavy atom. The van der Waals surface area contributed by atoms with Gasteiger partial charge in [-0.25, -0.2) is 19.7 Å². The van der Waals surface area contributed by atoms with E-state index >= 15 is 0 Å². The zero-order chi connectivity index (χ0) is 22.9. The molecule has 1 aliphatic heterocycles. The first-order chi connectivity index (χ1) is 14.6. The van der Waals surface area contributed by atoms with Crippen molar-refractivity contribution in [3.05, 3.63) is 32.9 Å². The summed E-state index contributed by atoms with van der Waals surface area (Å²) >= 11 is 0. The number of fused-ring (bicyclic) bond motifs is 1. The maximum absolute atomic E-state index is 12.1. The first-order valence-corrected chi connectivity index (χ1v) is 8.69. The molecule has 1 aliphatic rings. The Morgan fingerprint density at radius 1 is 1.23 bits per heavy atom. The van der Waals surface area contributed by atoms with Gasteiger partial charge in [0.2, 0.25) is 0 Å². The summed E-state index contributed by atoms with van der Waals surface area (Å²) in [5.41, 5.74) is 5.88. The maximum Gasteiger partial charge on any atom is 0.338 e. The van der Waals surface area contributed by atoms with Crippen molar-refractivity contribution >= 4 is 23.0 Å². The number of carbonyl (C=O) groups is 1. The smallest absolute Gasteiger partial charge is 0.338 e. The van der Waals surface area contributed by atoms with E-state index in [1.54, 1.807) is 0 Å². The lowest BCUT2D eigenvalue weighted by molar-refractivity contribution is -0.798. The van der Waals surface area contributed by atoms with Gasteiger partial charge in [0.05, 0.1) is 12.4 Å². The van der Waals surface area contributed by atoms with E-state index in [0.717, 1.165) is 17.2 Å². The van der Waals surface area contributed by atoms with Crippen molar-refractivity contribution in [3.8, 4) is 0 Å². The largest absolute Gasteiger partial charge is 0.461 e. The second-order valence-electron chi connectivity index (χ2n) is 6.59. The number of ether oxygens (including phenoxy) is 2. The van der Waals surface area contributed by atoms with Crippen LogP contribution in [0.1, 0.15) is 20.1 Å². The monoisotopic (exact) mass is 443 g/mol. The highest BCUT2D eigenvalue weighted by molar-refractivity contribution is 5.81. The van der Waals surface area contributed by atoms with E-state index in [9.17, 15) is 30.1 Å². The van der Waals surface area contributed by atoms with Crippen LogP contribution in [0.25, 0.3) is 11.2 Å². The van der Waals surface area contributed by atoms with Gasteiger partial charge in [0.25, 0.3) is 10.2 Å². The molecule has 2 aromatic rings. The van der Waals surface area contributed by atoms with Crippen molar-refractivity contribution in [2.45, 2.75) is 50.6 Å². The minimum atomic E-state index is -2.09. The molecule has 0 amide bonds. The SMILES string of the molecule is CC(C)OC(=O)C(O)[C@H]1O[C@@H](n2cnc3c(N)ncnc32)[C@H](O[N+](=O)[O-])[C@@H]1O[N+](=O)[O-]. The number of nitrogens with zero attached hydrogens (tertiary/aromatic N) is 6. The summed E-state index contributed by atoms with van der Waals surface area (Å²) in [5.74, 6) is -1.19. The molecule has 1 fully saturated rings. The topological polar surface area (TPSA) is 230 Å². The predicted molar refractivity (Wildman–Crippen MR) is 94.6 cm³/mol. The fraction of sp³-hybridized carbons (Fsp3) is 0.571. The quantitative estimate of drug-likeness (QED) is 0.276. The lowest BCUT2D eigenvalue weighted by Crippen LogP contribution is -2.47.